The van der Waals surface area contributed by atoms with Gasteiger partial charge in [0.1, 0.15) is 10.6 Å². The summed E-state index contributed by atoms with van der Waals surface area (Å²) < 4.78 is 33.0. The number of ether oxygens (including phenoxy) is 1. The average molecular weight is 378 g/mol. The number of carbonyl (C=O) groups is 1. The summed E-state index contributed by atoms with van der Waals surface area (Å²) in [4.78, 5) is 12.0. The molecule has 0 aromatic heterocycles. The molecule has 2 aromatic carbocycles. The molecule has 7 nitrogen and oxygen atoms in total. The fourth-order valence-corrected chi connectivity index (χ4v) is 3.47. The van der Waals surface area contributed by atoms with Gasteiger partial charge in [0.15, 0.2) is 0 Å². The summed E-state index contributed by atoms with van der Waals surface area (Å²) in [5, 5.41) is 11.4. The first-order valence-electron chi connectivity index (χ1n) is 8.08. The molecule has 2 aromatic rings. The largest absolute Gasteiger partial charge is 0.495 e. The van der Waals surface area contributed by atoms with Crippen LogP contribution in [0.2, 0.25) is 0 Å². The Kier molecular flexibility index (Phi) is 7.14. The maximum Gasteiger partial charge on any atom is 0.251 e. The van der Waals surface area contributed by atoms with Crippen molar-refractivity contribution in [3.8, 4) is 5.75 Å². The molecule has 0 heterocycles. The van der Waals surface area contributed by atoms with Crippen LogP contribution in [0, 0.1) is 0 Å². The van der Waals surface area contributed by atoms with Crippen molar-refractivity contribution < 1.29 is 23.1 Å². The van der Waals surface area contributed by atoms with Crippen molar-refractivity contribution in [2.75, 3.05) is 20.3 Å². The number of aliphatic hydroxyl groups excluding tert-OH is 1. The SMILES string of the molecule is COc1ccc(C(=O)NCCCO)cc1S(=O)(=O)NCc1ccccc1. The first-order valence-corrected chi connectivity index (χ1v) is 9.57. The van der Waals surface area contributed by atoms with Gasteiger partial charge in [0.2, 0.25) is 10.0 Å². The van der Waals surface area contributed by atoms with Gasteiger partial charge >= 0.3 is 0 Å². The molecule has 1 amide bonds. The molecule has 0 aliphatic carbocycles. The van der Waals surface area contributed by atoms with E-state index in [-0.39, 0.29) is 29.4 Å². The van der Waals surface area contributed by atoms with E-state index >= 15 is 0 Å². The Bertz CT molecular complexity index is 838. The molecule has 0 aliphatic rings. The molecule has 8 heteroatoms. The van der Waals surface area contributed by atoms with Crippen LogP contribution in [-0.2, 0) is 16.6 Å². The number of nitrogens with one attached hydrogen (secondary N) is 2. The van der Waals surface area contributed by atoms with E-state index in [1.54, 1.807) is 0 Å². The van der Waals surface area contributed by atoms with Gasteiger partial charge in [-0.15, -0.1) is 0 Å². The fraction of sp³-hybridized carbons (Fsp3) is 0.278. The van der Waals surface area contributed by atoms with Crippen molar-refractivity contribution in [2.24, 2.45) is 0 Å². The standard InChI is InChI=1S/C18H22N2O5S/c1-25-16-9-8-15(18(22)19-10-5-11-21)12-17(16)26(23,24)20-13-14-6-3-2-4-7-14/h2-4,6-9,12,20-21H,5,10-11,13H2,1H3,(H,19,22). The molecule has 2 rings (SSSR count). The quantitative estimate of drug-likeness (QED) is 0.570. The highest BCUT2D eigenvalue weighted by atomic mass is 32.2. The van der Waals surface area contributed by atoms with Crippen LogP contribution in [0.5, 0.6) is 5.75 Å². The third-order valence-electron chi connectivity index (χ3n) is 3.64. The second-order valence-electron chi connectivity index (χ2n) is 5.51. The minimum Gasteiger partial charge on any atom is -0.495 e. The van der Waals surface area contributed by atoms with Crippen LogP contribution in [0.1, 0.15) is 22.3 Å². The third-order valence-corrected chi connectivity index (χ3v) is 5.07. The highest BCUT2D eigenvalue weighted by Gasteiger charge is 2.21. The number of rotatable bonds is 9. The molecule has 0 saturated heterocycles. The van der Waals surface area contributed by atoms with Gasteiger partial charge in [0.05, 0.1) is 7.11 Å². The van der Waals surface area contributed by atoms with Gasteiger partial charge in [-0.3, -0.25) is 4.79 Å². The maximum atomic E-state index is 12.7. The zero-order chi connectivity index (χ0) is 19.0. The highest BCUT2D eigenvalue weighted by molar-refractivity contribution is 7.89. The monoisotopic (exact) mass is 378 g/mol. The molecule has 0 spiro atoms. The number of hydrogen-bond acceptors (Lipinski definition) is 5. The average Bonchev–Trinajstić information content (AvgIpc) is 2.67. The number of hydrogen-bond donors (Lipinski definition) is 3. The van der Waals surface area contributed by atoms with Crippen molar-refractivity contribution in [1.82, 2.24) is 10.0 Å². The highest BCUT2D eigenvalue weighted by Crippen LogP contribution is 2.25. The van der Waals surface area contributed by atoms with Crippen molar-refractivity contribution in [2.45, 2.75) is 17.9 Å². The Morgan fingerprint density at radius 2 is 1.88 bits per heavy atom. The van der Waals surface area contributed by atoms with Crippen LogP contribution < -0.4 is 14.8 Å². The van der Waals surface area contributed by atoms with Gasteiger partial charge in [-0.1, -0.05) is 30.3 Å². The Morgan fingerprint density at radius 1 is 1.15 bits per heavy atom. The normalized spacial score (nSPS) is 11.2. The van der Waals surface area contributed by atoms with Gasteiger partial charge in [-0.05, 0) is 30.2 Å². The topological polar surface area (TPSA) is 105 Å². The second kappa shape index (κ2) is 9.33. The Balaban J connectivity index is 2.22. The summed E-state index contributed by atoms with van der Waals surface area (Å²) in [6.45, 7) is 0.390. The zero-order valence-corrected chi connectivity index (χ0v) is 15.3. The Labute approximate surface area is 153 Å². The molecule has 3 N–H and O–H groups in total. The number of benzene rings is 2. The summed E-state index contributed by atoms with van der Waals surface area (Å²) in [6, 6.07) is 13.3. The number of amides is 1. The van der Waals surface area contributed by atoms with Crippen LogP contribution in [0.4, 0.5) is 0 Å². The predicted molar refractivity (Wildman–Crippen MR) is 97.5 cm³/mol. The number of aliphatic hydroxyl groups is 1. The van der Waals surface area contributed by atoms with Gasteiger partial charge in [-0.2, -0.15) is 0 Å². The van der Waals surface area contributed by atoms with Crippen LogP contribution in [0.15, 0.2) is 53.4 Å². The Morgan fingerprint density at radius 3 is 2.54 bits per heavy atom. The van der Waals surface area contributed by atoms with E-state index in [2.05, 4.69) is 10.0 Å². The summed E-state index contributed by atoms with van der Waals surface area (Å²) >= 11 is 0. The first kappa shape index (κ1) is 19.9. The smallest absolute Gasteiger partial charge is 0.251 e. The lowest BCUT2D eigenvalue weighted by Gasteiger charge is -2.13. The van der Waals surface area contributed by atoms with E-state index in [1.807, 2.05) is 30.3 Å². The zero-order valence-electron chi connectivity index (χ0n) is 14.4. The van der Waals surface area contributed by atoms with Crippen molar-refractivity contribution in [1.29, 1.82) is 0 Å². The summed E-state index contributed by atoms with van der Waals surface area (Å²) in [5.41, 5.74) is 1.01. The lowest BCUT2D eigenvalue weighted by Crippen LogP contribution is -2.27. The van der Waals surface area contributed by atoms with E-state index < -0.39 is 15.9 Å². The van der Waals surface area contributed by atoms with Crippen molar-refractivity contribution in [3.05, 3.63) is 59.7 Å². The molecule has 0 fully saturated rings. The molecule has 0 atom stereocenters. The summed E-state index contributed by atoms with van der Waals surface area (Å²) in [7, 11) is -2.51. The lowest BCUT2D eigenvalue weighted by atomic mass is 10.2. The minimum atomic E-state index is -3.88. The number of methoxy groups -OCH3 is 1. The molecule has 140 valence electrons. The predicted octanol–water partition coefficient (Wildman–Crippen LogP) is 1.29. The molecule has 0 radical (unpaired) electrons. The minimum absolute atomic E-state index is 0.0358. The first-order chi connectivity index (χ1) is 12.5. The molecular formula is C18H22N2O5S. The summed E-state index contributed by atoms with van der Waals surface area (Å²) in [5.74, 6) is -0.266. The number of sulfonamides is 1. The van der Waals surface area contributed by atoms with Gasteiger partial charge in [-0.25, -0.2) is 13.1 Å². The van der Waals surface area contributed by atoms with Crippen LogP contribution in [0.25, 0.3) is 0 Å². The maximum absolute atomic E-state index is 12.7. The molecule has 0 bridgehead atoms. The third kappa shape index (κ3) is 5.29. The van der Waals surface area contributed by atoms with E-state index in [0.717, 1.165) is 5.56 Å². The molecular weight excluding hydrogens is 356 g/mol. The van der Waals surface area contributed by atoms with E-state index in [4.69, 9.17) is 9.84 Å². The number of carbonyl (C=O) groups excluding carboxylic acids is 1. The molecule has 0 unspecified atom stereocenters. The van der Waals surface area contributed by atoms with Crippen LogP contribution in [0.3, 0.4) is 0 Å². The fourth-order valence-electron chi connectivity index (χ4n) is 2.26. The lowest BCUT2D eigenvalue weighted by molar-refractivity contribution is 0.0951. The van der Waals surface area contributed by atoms with Gasteiger partial charge < -0.3 is 15.2 Å². The van der Waals surface area contributed by atoms with Crippen molar-refractivity contribution >= 4 is 15.9 Å². The van der Waals surface area contributed by atoms with Gasteiger partial charge in [0.25, 0.3) is 5.91 Å². The van der Waals surface area contributed by atoms with E-state index in [1.165, 1.54) is 25.3 Å². The molecule has 0 saturated carbocycles. The van der Waals surface area contributed by atoms with Crippen LogP contribution in [-0.4, -0.2) is 39.7 Å². The van der Waals surface area contributed by atoms with Crippen molar-refractivity contribution in [3.63, 3.8) is 0 Å². The second-order valence-corrected chi connectivity index (χ2v) is 7.24. The molecule has 26 heavy (non-hydrogen) atoms. The van der Waals surface area contributed by atoms with E-state index in [0.29, 0.717) is 13.0 Å². The molecule has 0 aliphatic heterocycles. The van der Waals surface area contributed by atoms with Gasteiger partial charge in [0, 0.05) is 25.3 Å². The Hall–Kier alpha value is -2.42. The van der Waals surface area contributed by atoms with E-state index in [9.17, 15) is 13.2 Å². The van der Waals surface area contributed by atoms with Crippen LogP contribution >= 0.6 is 0 Å². The summed E-state index contributed by atoms with van der Waals surface area (Å²) in [6.07, 6.45) is 0.422.